The molecular weight excluding hydrogens is 397 g/mol. The third kappa shape index (κ3) is 4.98. The number of aliphatic hydroxyl groups is 1. The third-order valence-electron chi connectivity index (χ3n) is 5.30. The molecule has 1 aliphatic rings. The lowest BCUT2D eigenvalue weighted by molar-refractivity contribution is -0.141. The lowest BCUT2D eigenvalue weighted by atomic mass is 9.92. The third-order valence-corrected chi connectivity index (χ3v) is 5.30. The van der Waals surface area contributed by atoms with Gasteiger partial charge in [0.1, 0.15) is 23.2 Å². The Bertz CT molecular complexity index is 979. The molecule has 0 unspecified atom stereocenters. The number of aryl methyl sites for hydroxylation is 1. The van der Waals surface area contributed by atoms with E-state index in [4.69, 9.17) is 5.26 Å². The van der Waals surface area contributed by atoms with Gasteiger partial charge in [0.2, 0.25) is 0 Å². The van der Waals surface area contributed by atoms with Crippen molar-refractivity contribution >= 4 is 16.9 Å². The molecular formula is C21H25F3N4O2. The van der Waals surface area contributed by atoms with E-state index in [1.54, 1.807) is 24.5 Å². The van der Waals surface area contributed by atoms with Crippen LogP contribution in [-0.4, -0.2) is 31.0 Å². The van der Waals surface area contributed by atoms with Crippen molar-refractivity contribution < 1.29 is 23.1 Å². The highest BCUT2D eigenvalue weighted by atomic mass is 19.4. The van der Waals surface area contributed by atoms with E-state index < -0.39 is 23.0 Å². The number of unbranched alkanes of at least 4 members (excludes halogenated alkanes) is 1. The molecule has 0 aliphatic heterocycles. The summed E-state index contributed by atoms with van der Waals surface area (Å²) >= 11 is 0. The van der Waals surface area contributed by atoms with Crippen molar-refractivity contribution in [3.63, 3.8) is 0 Å². The summed E-state index contributed by atoms with van der Waals surface area (Å²) in [7, 11) is 0. The maximum absolute atomic E-state index is 13.3. The number of fused-ring (bicyclic) bond motifs is 1. The Morgan fingerprint density at radius 3 is 2.53 bits per heavy atom. The van der Waals surface area contributed by atoms with Crippen LogP contribution in [-0.2, 0) is 17.4 Å². The van der Waals surface area contributed by atoms with Gasteiger partial charge in [-0.2, -0.15) is 18.4 Å². The Balaban J connectivity index is 1.82. The normalized spacial score (nSPS) is 15.2. The summed E-state index contributed by atoms with van der Waals surface area (Å²) < 4.78 is 41.8. The highest BCUT2D eigenvalue weighted by Gasteiger charge is 2.37. The van der Waals surface area contributed by atoms with Crippen molar-refractivity contribution in [2.75, 3.05) is 0 Å². The summed E-state index contributed by atoms with van der Waals surface area (Å²) in [5.41, 5.74) is -2.28. The number of Topliss-reactive ketones (excluding diaryl/α,β-unsaturated/α-hetero) is 1. The van der Waals surface area contributed by atoms with Crippen molar-refractivity contribution in [2.24, 2.45) is 0 Å². The van der Waals surface area contributed by atoms with Gasteiger partial charge >= 0.3 is 6.18 Å². The number of alkyl halides is 3. The minimum absolute atomic E-state index is 0.0230. The van der Waals surface area contributed by atoms with E-state index in [2.05, 4.69) is 9.97 Å². The molecule has 1 aliphatic carbocycles. The minimum atomic E-state index is -4.71. The molecule has 0 aromatic carbocycles. The summed E-state index contributed by atoms with van der Waals surface area (Å²) in [6.07, 6.45) is 0.172. The average molecular weight is 422 g/mol. The van der Waals surface area contributed by atoms with Gasteiger partial charge in [0, 0.05) is 25.3 Å². The largest absolute Gasteiger partial charge is 0.434 e. The standard InChI is InChI=1S/C21H25F3N4O2/c1-20(2,30)11-15(29)8-3-4-9-17-26-16-10-13(12-25)18(21(22,23)24)27-19(16)28(17)14-6-5-7-14/h10,14,30H,3-9,11H2,1-2H3. The first-order chi connectivity index (χ1) is 14.0. The number of ketones is 1. The van der Waals surface area contributed by atoms with Gasteiger partial charge in [0.25, 0.3) is 0 Å². The lowest BCUT2D eigenvalue weighted by Crippen LogP contribution is -2.23. The maximum atomic E-state index is 13.3. The van der Waals surface area contributed by atoms with Crippen LogP contribution < -0.4 is 0 Å². The molecule has 9 heteroatoms. The molecule has 0 spiro atoms. The molecule has 3 rings (SSSR count). The zero-order valence-corrected chi connectivity index (χ0v) is 17.1. The Morgan fingerprint density at radius 1 is 1.30 bits per heavy atom. The molecule has 0 radical (unpaired) electrons. The first-order valence-electron chi connectivity index (χ1n) is 10.1. The van der Waals surface area contributed by atoms with Crippen LogP contribution in [0.1, 0.15) is 81.9 Å². The number of imidazole rings is 1. The molecule has 0 saturated heterocycles. The van der Waals surface area contributed by atoms with Crippen molar-refractivity contribution in [2.45, 2.75) is 83.0 Å². The van der Waals surface area contributed by atoms with Crippen molar-refractivity contribution in [1.82, 2.24) is 14.5 Å². The fourth-order valence-electron chi connectivity index (χ4n) is 3.75. The van der Waals surface area contributed by atoms with Gasteiger partial charge in [-0.05, 0) is 52.0 Å². The number of halogens is 3. The summed E-state index contributed by atoms with van der Waals surface area (Å²) in [6, 6.07) is 2.80. The summed E-state index contributed by atoms with van der Waals surface area (Å²) in [6.45, 7) is 3.17. The second-order valence-electron chi connectivity index (χ2n) is 8.55. The zero-order chi connectivity index (χ0) is 22.1. The number of carbonyl (C=O) groups is 1. The number of hydrogen-bond donors (Lipinski definition) is 1. The minimum Gasteiger partial charge on any atom is -0.390 e. The number of carbonyl (C=O) groups excluding carboxylic acids is 1. The maximum Gasteiger partial charge on any atom is 0.434 e. The van der Waals surface area contributed by atoms with Crippen LogP contribution in [0.25, 0.3) is 11.2 Å². The predicted octanol–water partition coefficient (Wildman–Crippen LogP) is 4.49. The van der Waals surface area contributed by atoms with Gasteiger partial charge in [-0.15, -0.1) is 0 Å². The topological polar surface area (TPSA) is 91.8 Å². The number of rotatable bonds is 8. The highest BCUT2D eigenvalue weighted by Crippen LogP contribution is 2.37. The number of nitriles is 1. The molecule has 6 nitrogen and oxygen atoms in total. The average Bonchev–Trinajstić information content (AvgIpc) is 2.91. The molecule has 1 N–H and O–H groups in total. The molecule has 2 aromatic heterocycles. The molecule has 2 heterocycles. The number of nitrogens with zero attached hydrogens (tertiary/aromatic N) is 4. The SMILES string of the molecule is CC(C)(O)CC(=O)CCCCc1nc2cc(C#N)c(C(F)(F)F)nc2n1C1CCC1. The van der Waals surface area contributed by atoms with Crippen LogP contribution in [0.4, 0.5) is 13.2 Å². The molecule has 162 valence electrons. The Morgan fingerprint density at radius 2 is 2.00 bits per heavy atom. The highest BCUT2D eigenvalue weighted by molar-refractivity contribution is 5.79. The lowest BCUT2D eigenvalue weighted by Gasteiger charge is -2.29. The number of hydrogen-bond acceptors (Lipinski definition) is 5. The molecule has 1 saturated carbocycles. The van der Waals surface area contributed by atoms with Crippen LogP contribution in [0.3, 0.4) is 0 Å². The quantitative estimate of drug-likeness (QED) is 0.633. The van der Waals surface area contributed by atoms with E-state index in [0.717, 1.165) is 25.3 Å². The summed E-state index contributed by atoms with van der Waals surface area (Å²) in [5.74, 6) is 0.616. The fraction of sp³-hybridized carbons (Fsp3) is 0.619. The first kappa shape index (κ1) is 22.2. The fourth-order valence-corrected chi connectivity index (χ4v) is 3.75. The van der Waals surface area contributed by atoms with Crippen LogP contribution >= 0.6 is 0 Å². The van der Waals surface area contributed by atoms with Gasteiger partial charge in [-0.1, -0.05) is 0 Å². The molecule has 0 bridgehead atoms. The van der Waals surface area contributed by atoms with Crippen molar-refractivity contribution in [1.29, 1.82) is 5.26 Å². The summed E-state index contributed by atoms with van der Waals surface area (Å²) in [4.78, 5) is 20.2. The molecule has 0 atom stereocenters. The van der Waals surface area contributed by atoms with Gasteiger partial charge < -0.3 is 9.67 Å². The zero-order valence-electron chi connectivity index (χ0n) is 17.1. The predicted molar refractivity (Wildman–Crippen MR) is 104 cm³/mol. The van der Waals surface area contributed by atoms with E-state index in [9.17, 15) is 23.1 Å². The van der Waals surface area contributed by atoms with E-state index in [-0.39, 0.29) is 23.9 Å². The second-order valence-corrected chi connectivity index (χ2v) is 8.55. The molecule has 0 amide bonds. The Hall–Kier alpha value is -2.47. The van der Waals surface area contributed by atoms with Crippen molar-refractivity contribution in [3.05, 3.63) is 23.1 Å². The van der Waals surface area contributed by atoms with E-state index in [0.29, 0.717) is 37.0 Å². The molecule has 30 heavy (non-hydrogen) atoms. The summed E-state index contributed by atoms with van der Waals surface area (Å²) in [5, 5.41) is 18.8. The first-order valence-corrected chi connectivity index (χ1v) is 10.1. The molecule has 2 aromatic rings. The van der Waals surface area contributed by atoms with E-state index in [1.807, 2.05) is 0 Å². The van der Waals surface area contributed by atoms with Gasteiger partial charge in [-0.25, -0.2) is 9.97 Å². The van der Waals surface area contributed by atoms with Crippen LogP contribution in [0.5, 0.6) is 0 Å². The van der Waals surface area contributed by atoms with Crippen molar-refractivity contribution in [3.8, 4) is 6.07 Å². The van der Waals surface area contributed by atoms with E-state index in [1.165, 1.54) is 0 Å². The van der Waals surface area contributed by atoms with Crippen LogP contribution in [0.2, 0.25) is 0 Å². The van der Waals surface area contributed by atoms with Gasteiger partial charge in [-0.3, -0.25) is 4.79 Å². The Kier molecular flexibility index (Phi) is 6.18. The number of pyridine rings is 1. The van der Waals surface area contributed by atoms with Crippen LogP contribution in [0, 0.1) is 11.3 Å². The molecule has 1 fully saturated rings. The smallest absolute Gasteiger partial charge is 0.390 e. The van der Waals surface area contributed by atoms with E-state index >= 15 is 0 Å². The van der Waals surface area contributed by atoms with Gasteiger partial charge in [0.15, 0.2) is 11.3 Å². The van der Waals surface area contributed by atoms with Gasteiger partial charge in [0.05, 0.1) is 11.2 Å². The second kappa shape index (κ2) is 8.34. The Labute approximate surface area is 172 Å². The van der Waals surface area contributed by atoms with Crippen LogP contribution in [0.15, 0.2) is 6.07 Å². The monoisotopic (exact) mass is 422 g/mol. The number of aromatic nitrogens is 3.